The summed E-state index contributed by atoms with van der Waals surface area (Å²) in [5, 5.41) is 41.6. The molecule has 0 aromatic carbocycles. The van der Waals surface area contributed by atoms with E-state index in [0.717, 1.165) is 0 Å². The molecular weight excluding hydrogens is 678 g/mol. The third-order valence-corrected chi connectivity index (χ3v) is 9.32. The molecule has 0 radical (unpaired) electrons. The number of hydrogen-bond acceptors (Lipinski definition) is 10. The van der Waals surface area contributed by atoms with Gasteiger partial charge in [0.25, 0.3) is 0 Å². The maximum atomic E-state index is 13.2. The van der Waals surface area contributed by atoms with Gasteiger partial charge in [-0.2, -0.15) is 0 Å². The van der Waals surface area contributed by atoms with Gasteiger partial charge < -0.3 is 50.3 Å². The van der Waals surface area contributed by atoms with Gasteiger partial charge in [0.1, 0.15) is 0 Å². The lowest BCUT2D eigenvalue weighted by atomic mass is 9.83. The minimum atomic E-state index is -1.30. The van der Waals surface area contributed by atoms with Crippen molar-refractivity contribution in [1.82, 2.24) is 29.7 Å². The Hall–Kier alpha value is -5.87. The summed E-state index contributed by atoms with van der Waals surface area (Å²) < 4.78 is 4.55. The number of hydrogen-bond donors (Lipinski definition) is 7. The fourth-order valence-electron chi connectivity index (χ4n) is 5.82. The Morgan fingerprint density at radius 1 is 0.615 bits per heavy atom. The van der Waals surface area contributed by atoms with Crippen LogP contribution in [0.3, 0.4) is 0 Å². The van der Waals surface area contributed by atoms with Crippen LogP contribution in [0.4, 0.5) is 5.82 Å². The van der Waals surface area contributed by atoms with Gasteiger partial charge in [-0.3, -0.25) is 33.6 Å². The Balaban J connectivity index is 1.83. The molecule has 0 aliphatic rings. The fourth-order valence-corrected chi connectivity index (χ4v) is 5.82. The highest BCUT2D eigenvalue weighted by atomic mass is 16.3. The third kappa shape index (κ3) is 9.88. The fraction of sp³-hybridized carbons (Fsp3) is 0.457. The molecule has 0 saturated carbocycles. The molecule has 0 bridgehead atoms. The highest BCUT2D eigenvalue weighted by Crippen LogP contribution is 2.28. The van der Waals surface area contributed by atoms with E-state index in [1.807, 2.05) is 0 Å². The maximum Gasteiger partial charge on any atom is 0.225 e. The van der Waals surface area contributed by atoms with Crippen molar-refractivity contribution in [3.63, 3.8) is 0 Å². The van der Waals surface area contributed by atoms with Crippen molar-refractivity contribution in [3.05, 3.63) is 77.3 Å². The topological polar surface area (TPSA) is 243 Å². The lowest BCUT2D eigenvalue weighted by molar-refractivity contribution is -0.125. The maximum absolute atomic E-state index is 13.2. The quantitative estimate of drug-likeness (QED) is 0.115. The second-order valence-corrected chi connectivity index (χ2v) is 13.0. The number of amides is 4. The molecule has 0 saturated heterocycles. The molecule has 3 aromatic rings. The van der Waals surface area contributed by atoms with Crippen LogP contribution in [0, 0.1) is 20.8 Å². The normalized spacial score (nSPS) is 11.2. The number of anilines is 1. The first kappa shape index (κ1) is 40.6. The monoisotopic (exact) mass is 725 g/mol. The van der Waals surface area contributed by atoms with Crippen molar-refractivity contribution in [3.8, 4) is 17.2 Å². The number of carbonyl (C=O) groups excluding carboxylic acids is 4. The zero-order valence-corrected chi connectivity index (χ0v) is 30.4. The average molecular weight is 726 g/mol. The van der Waals surface area contributed by atoms with Crippen LogP contribution in [0.5, 0.6) is 17.2 Å². The Morgan fingerprint density at radius 2 is 0.981 bits per heavy atom. The first-order valence-electron chi connectivity index (χ1n) is 16.6. The number of rotatable bonds is 15. The summed E-state index contributed by atoms with van der Waals surface area (Å²) in [7, 11) is 4.80. The third-order valence-electron chi connectivity index (χ3n) is 9.32. The standard InChI is InChI=1S/C35H47N7O10/c1-19-14-25(44)31(50)23(40(19)5)17-36-28(47)8-11-35(39-22(4)43,13-10-30(49)38-34-33(52)27(46)16-21(3)42(34)7)12-9-29(48)37-18-24-32(51)26(45)15-20(2)41(24)6/h14-16,50-52H,8-13,17-18H2,1-7H3,(H,36,47)(H,37,48)(H,38,49)(H,39,43). The van der Waals surface area contributed by atoms with Crippen LogP contribution in [0.1, 0.15) is 73.9 Å². The predicted octanol–water partition coefficient (Wildman–Crippen LogP) is 0.612. The van der Waals surface area contributed by atoms with Gasteiger partial charge in [-0.1, -0.05) is 0 Å². The van der Waals surface area contributed by atoms with Gasteiger partial charge in [0.15, 0.2) is 17.3 Å². The van der Waals surface area contributed by atoms with Crippen molar-refractivity contribution in [1.29, 1.82) is 0 Å². The highest BCUT2D eigenvalue weighted by Gasteiger charge is 2.33. The van der Waals surface area contributed by atoms with Crippen LogP contribution >= 0.6 is 0 Å². The van der Waals surface area contributed by atoms with Crippen molar-refractivity contribution in [2.75, 3.05) is 5.32 Å². The Labute approximate surface area is 299 Å². The van der Waals surface area contributed by atoms with E-state index in [2.05, 4.69) is 21.3 Å². The molecule has 17 heteroatoms. The van der Waals surface area contributed by atoms with Crippen LogP contribution < -0.4 is 37.6 Å². The summed E-state index contributed by atoms with van der Waals surface area (Å²) in [6, 6.07) is 3.74. The van der Waals surface area contributed by atoms with Crippen molar-refractivity contribution in [2.45, 2.75) is 84.8 Å². The van der Waals surface area contributed by atoms with E-state index in [1.165, 1.54) is 29.7 Å². The number of aromatic hydroxyl groups is 3. The zero-order valence-electron chi connectivity index (χ0n) is 30.4. The number of aryl methyl sites for hydroxylation is 3. The molecule has 3 heterocycles. The molecule has 0 spiro atoms. The largest absolute Gasteiger partial charge is 0.503 e. The molecule has 282 valence electrons. The number of pyridine rings is 3. The zero-order chi connectivity index (χ0) is 39.1. The van der Waals surface area contributed by atoms with E-state index in [1.54, 1.807) is 51.0 Å². The van der Waals surface area contributed by atoms with Crippen LogP contribution in [0.15, 0.2) is 32.6 Å². The molecule has 3 aromatic heterocycles. The molecule has 3 rings (SSSR count). The average Bonchev–Trinajstić information content (AvgIpc) is 3.07. The summed E-state index contributed by atoms with van der Waals surface area (Å²) in [5.41, 5.74) is -1.21. The van der Waals surface area contributed by atoms with Crippen molar-refractivity contribution in [2.24, 2.45) is 21.1 Å². The lowest BCUT2D eigenvalue weighted by Gasteiger charge is -2.35. The molecule has 0 unspecified atom stereocenters. The van der Waals surface area contributed by atoms with E-state index in [4.69, 9.17) is 0 Å². The lowest BCUT2D eigenvalue weighted by Crippen LogP contribution is -2.49. The van der Waals surface area contributed by atoms with Crippen molar-refractivity contribution < 1.29 is 34.5 Å². The number of nitrogens with one attached hydrogen (secondary N) is 4. The van der Waals surface area contributed by atoms with E-state index in [0.29, 0.717) is 17.1 Å². The smallest absolute Gasteiger partial charge is 0.225 e. The number of nitrogens with zero attached hydrogens (tertiary/aromatic N) is 3. The molecule has 4 amide bonds. The van der Waals surface area contributed by atoms with E-state index >= 15 is 0 Å². The van der Waals surface area contributed by atoms with Gasteiger partial charge in [-0.05, 0) is 40.0 Å². The summed E-state index contributed by atoms with van der Waals surface area (Å²) in [6.07, 6.45) is -0.811. The Morgan fingerprint density at radius 3 is 1.38 bits per heavy atom. The minimum absolute atomic E-state index is 0.0426. The molecule has 17 nitrogen and oxygen atoms in total. The highest BCUT2D eigenvalue weighted by molar-refractivity contribution is 5.91. The SMILES string of the molecule is CC(=O)NC(CCC(=O)NCc1c(O)c(=O)cc(C)n1C)(CCC(=O)NCc1c(O)c(=O)cc(C)n1C)CCC(=O)Nc1c(O)c(=O)cc(C)n1C. The first-order chi connectivity index (χ1) is 24.3. The summed E-state index contributed by atoms with van der Waals surface area (Å²) in [6.45, 7) is 5.85. The molecule has 0 aliphatic carbocycles. The second kappa shape index (κ2) is 16.9. The van der Waals surface area contributed by atoms with Crippen molar-refractivity contribution >= 4 is 29.4 Å². The van der Waals surface area contributed by atoms with Crippen LogP contribution in [0.25, 0.3) is 0 Å². The Kier molecular flexibility index (Phi) is 13.2. The van der Waals surface area contributed by atoms with Gasteiger partial charge in [-0.25, -0.2) is 0 Å². The van der Waals surface area contributed by atoms with Gasteiger partial charge in [0, 0.05) is 88.1 Å². The van der Waals surface area contributed by atoms with Gasteiger partial charge in [0.2, 0.25) is 45.7 Å². The molecule has 7 N–H and O–H groups in total. The molecule has 52 heavy (non-hydrogen) atoms. The van der Waals surface area contributed by atoms with E-state index in [-0.39, 0.29) is 68.8 Å². The van der Waals surface area contributed by atoms with E-state index < -0.39 is 62.7 Å². The summed E-state index contributed by atoms with van der Waals surface area (Å²) in [5.74, 6) is -3.92. The molecular formula is C35H47N7O10. The summed E-state index contributed by atoms with van der Waals surface area (Å²) >= 11 is 0. The first-order valence-corrected chi connectivity index (χ1v) is 16.6. The molecule has 0 fully saturated rings. The van der Waals surface area contributed by atoms with Gasteiger partial charge in [-0.15, -0.1) is 0 Å². The van der Waals surface area contributed by atoms with Crippen LogP contribution in [0.2, 0.25) is 0 Å². The van der Waals surface area contributed by atoms with E-state index in [9.17, 15) is 48.9 Å². The Bertz CT molecular complexity index is 1970. The second-order valence-electron chi connectivity index (χ2n) is 13.0. The van der Waals surface area contributed by atoms with Gasteiger partial charge >= 0.3 is 0 Å². The number of carbonyl (C=O) groups is 4. The van der Waals surface area contributed by atoms with Crippen LogP contribution in [-0.4, -0.2) is 58.2 Å². The predicted molar refractivity (Wildman–Crippen MR) is 191 cm³/mol. The van der Waals surface area contributed by atoms with Gasteiger partial charge in [0.05, 0.1) is 24.5 Å². The summed E-state index contributed by atoms with van der Waals surface area (Å²) in [4.78, 5) is 88.3. The molecule has 0 atom stereocenters. The molecule has 0 aliphatic heterocycles. The minimum Gasteiger partial charge on any atom is -0.503 e. The van der Waals surface area contributed by atoms with Crippen LogP contribution in [-0.2, 0) is 53.4 Å². The number of aromatic nitrogens is 3.